The Hall–Kier alpha value is -3.08. The Balaban J connectivity index is 1.89. The van der Waals surface area contributed by atoms with Gasteiger partial charge in [-0.25, -0.2) is 0 Å². The summed E-state index contributed by atoms with van der Waals surface area (Å²) in [5.41, 5.74) is 2.36. The number of ether oxygens (including phenoxy) is 1. The molecule has 1 heterocycles. The number of nitrogens with one attached hydrogen (secondary N) is 1. The highest BCUT2D eigenvalue weighted by molar-refractivity contribution is 6.05. The van der Waals surface area contributed by atoms with Crippen molar-refractivity contribution in [3.05, 3.63) is 66.2 Å². The molecule has 0 fully saturated rings. The second-order valence-electron chi connectivity index (χ2n) is 7.56. The molecule has 0 aliphatic carbocycles. The Bertz CT molecular complexity index is 901. The second-order valence-corrected chi connectivity index (χ2v) is 7.56. The lowest BCUT2D eigenvalue weighted by atomic mass is 9.93. The normalized spacial score (nSPS) is 15.2. The number of amides is 2. The van der Waals surface area contributed by atoms with E-state index in [1.807, 2.05) is 38.1 Å². The number of carbonyl (C=O) groups excluding carboxylic acids is 2. The van der Waals surface area contributed by atoms with Crippen LogP contribution in [0.4, 0.5) is 11.4 Å². The summed E-state index contributed by atoms with van der Waals surface area (Å²) in [6.45, 7) is 10.2. The maximum Gasteiger partial charge on any atom is 0.255 e. The van der Waals surface area contributed by atoms with E-state index >= 15 is 0 Å². The van der Waals surface area contributed by atoms with Gasteiger partial charge in [0.1, 0.15) is 12.4 Å². The zero-order valence-corrected chi connectivity index (χ0v) is 16.6. The van der Waals surface area contributed by atoms with Gasteiger partial charge in [-0.2, -0.15) is 0 Å². The van der Waals surface area contributed by atoms with Gasteiger partial charge < -0.3 is 15.0 Å². The molecule has 2 aromatic carbocycles. The molecule has 0 saturated heterocycles. The first-order valence-corrected chi connectivity index (χ1v) is 9.45. The van der Waals surface area contributed by atoms with Crippen LogP contribution in [0, 0.1) is 5.41 Å². The van der Waals surface area contributed by atoms with E-state index in [2.05, 4.69) is 18.8 Å². The number of hydrogen-bond acceptors (Lipinski definition) is 3. The number of nitrogens with zero attached hydrogens (tertiary/aromatic N) is 1. The van der Waals surface area contributed by atoms with Crippen LogP contribution in [-0.2, 0) is 11.2 Å². The Morgan fingerprint density at radius 2 is 1.96 bits per heavy atom. The molecule has 0 bridgehead atoms. The van der Waals surface area contributed by atoms with E-state index < -0.39 is 5.41 Å². The summed E-state index contributed by atoms with van der Waals surface area (Å²) < 4.78 is 5.87. The standard InChI is InChI=1S/C23H26N2O3/c1-5-13-25-19-14-18(11-12-20(19)28-15-23(3,4)22(25)27)24-21(26)17-9-7-16(6-2)8-10-17/h5,7-12,14H,1,6,13,15H2,2-4H3,(H,24,26). The summed E-state index contributed by atoms with van der Waals surface area (Å²) in [6.07, 6.45) is 2.61. The lowest BCUT2D eigenvalue weighted by molar-refractivity contribution is -0.127. The number of aryl methyl sites for hydroxylation is 1. The first-order valence-electron chi connectivity index (χ1n) is 9.45. The average molecular weight is 378 g/mol. The lowest BCUT2D eigenvalue weighted by Gasteiger charge is -2.27. The minimum atomic E-state index is -0.646. The van der Waals surface area contributed by atoms with Crippen LogP contribution in [0.15, 0.2) is 55.1 Å². The molecule has 1 N–H and O–H groups in total. The van der Waals surface area contributed by atoms with Crippen molar-refractivity contribution < 1.29 is 14.3 Å². The van der Waals surface area contributed by atoms with Crippen LogP contribution in [0.3, 0.4) is 0 Å². The van der Waals surface area contributed by atoms with Crippen molar-refractivity contribution in [2.75, 3.05) is 23.4 Å². The van der Waals surface area contributed by atoms with Crippen LogP contribution in [0.1, 0.15) is 36.7 Å². The van der Waals surface area contributed by atoms with Gasteiger partial charge in [0.05, 0.1) is 11.1 Å². The number of benzene rings is 2. The fraction of sp³-hybridized carbons (Fsp3) is 0.304. The van der Waals surface area contributed by atoms with E-state index in [4.69, 9.17) is 4.74 Å². The van der Waals surface area contributed by atoms with Gasteiger partial charge in [0.15, 0.2) is 0 Å². The first-order chi connectivity index (χ1) is 13.4. The quantitative estimate of drug-likeness (QED) is 0.783. The van der Waals surface area contributed by atoms with Crippen molar-refractivity contribution in [1.82, 2.24) is 0 Å². The number of anilines is 2. The van der Waals surface area contributed by atoms with Gasteiger partial charge in [0.25, 0.3) is 5.91 Å². The average Bonchev–Trinajstić information content (AvgIpc) is 2.78. The lowest BCUT2D eigenvalue weighted by Crippen LogP contribution is -2.42. The van der Waals surface area contributed by atoms with Crippen molar-refractivity contribution in [1.29, 1.82) is 0 Å². The number of hydrogen-bond donors (Lipinski definition) is 1. The topological polar surface area (TPSA) is 58.6 Å². The summed E-state index contributed by atoms with van der Waals surface area (Å²) >= 11 is 0. The zero-order valence-electron chi connectivity index (χ0n) is 16.6. The molecule has 0 aromatic heterocycles. The monoisotopic (exact) mass is 378 g/mol. The molecule has 0 unspecified atom stereocenters. The molecule has 3 rings (SSSR count). The van der Waals surface area contributed by atoms with Gasteiger partial charge in [-0.1, -0.05) is 25.1 Å². The van der Waals surface area contributed by atoms with E-state index in [1.165, 1.54) is 5.56 Å². The van der Waals surface area contributed by atoms with Crippen molar-refractivity contribution in [2.45, 2.75) is 27.2 Å². The molecule has 1 aliphatic rings. The summed E-state index contributed by atoms with van der Waals surface area (Å²) in [6, 6.07) is 12.9. The van der Waals surface area contributed by atoms with Crippen molar-refractivity contribution in [3.63, 3.8) is 0 Å². The Morgan fingerprint density at radius 1 is 1.25 bits per heavy atom. The van der Waals surface area contributed by atoms with Crippen LogP contribution >= 0.6 is 0 Å². The molecule has 1 aliphatic heterocycles. The highest BCUT2D eigenvalue weighted by atomic mass is 16.5. The predicted molar refractivity (Wildman–Crippen MR) is 112 cm³/mol. The van der Waals surface area contributed by atoms with E-state index in [0.29, 0.717) is 35.8 Å². The van der Waals surface area contributed by atoms with Crippen LogP contribution in [0.25, 0.3) is 0 Å². The second kappa shape index (κ2) is 7.89. The highest BCUT2D eigenvalue weighted by Gasteiger charge is 2.37. The smallest absolute Gasteiger partial charge is 0.255 e. The summed E-state index contributed by atoms with van der Waals surface area (Å²) in [4.78, 5) is 27.2. The fourth-order valence-electron chi connectivity index (χ4n) is 3.13. The third-order valence-electron chi connectivity index (χ3n) is 4.86. The van der Waals surface area contributed by atoms with Gasteiger partial charge in [-0.3, -0.25) is 9.59 Å². The zero-order chi connectivity index (χ0) is 20.3. The summed E-state index contributed by atoms with van der Waals surface area (Å²) in [7, 11) is 0. The minimum absolute atomic E-state index is 0.0372. The van der Waals surface area contributed by atoms with Crippen molar-refractivity contribution in [2.24, 2.45) is 5.41 Å². The Kier molecular flexibility index (Phi) is 5.54. The van der Waals surface area contributed by atoms with Gasteiger partial charge in [0, 0.05) is 17.8 Å². The van der Waals surface area contributed by atoms with Crippen molar-refractivity contribution in [3.8, 4) is 5.75 Å². The van der Waals surface area contributed by atoms with E-state index in [1.54, 1.807) is 29.2 Å². The fourth-order valence-corrected chi connectivity index (χ4v) is 3.13. The number of carbonyl (C=O) groups is 2. The van der Waals surface area contributed by atoms with Crippen LogP contribution in [0.2, 0.25) is 0 Å². The first kappa shape index (κ1) is 19.7. The van der Waals surface area contributed by atoms with Crippen LogP contribution < -0.4 is 15.0 Å². The van der Waals surface area contributed by atoms with Gasteiger partial charge in [-0.15, -0.1) is 6.58 Å². The SMILES string of the molecule is C=CCN1C(=O)C(C)(C)COc2ccc(NC(=O)c3ccc(CC)cc3)cc21. The van der Waals surface area contributed by atoms with Gasteiger partial charge in [-0.05, 0) is 56.2 Å². The van der Waals surface area contributed by atoms with Gasteiger partial charge in [0.2, 0.25) is 5.91 Å². The molecule has 2 aromatic rings. The molecular formula is C23H26N2O3. The maximum atomic E-state index is 12.9. The van der Waals surface area contributed by atoms with E-state index in [9.17, 15) is 9.59 Å². The summed E-state index contributed by atoms with van der Waals surface area (Å²) in [5.74, 6) is 0.384. The summed E-state index contributed by atoms with van der Waals surface area (Å²) in [5, 5.41) is 2.91. The molecular weight excluding hydrogens is 352 g/mol. The molecule has 0 radical (unpaired) electrons. The van der Waals surface area contributed by atoms with Crippen LogP contribution in [-0.4, -0.2) is 25.0 Å². The molecule has 0 spiro atoms. The Labute approximate surface area is 166 Å². The number of rotatable bonds is 5. The molecule has 0 saturated carbocycles. The third-order valence-corrected chi connectivity index (χ3v) is 4.86. The van der Waals surface area contributed by atoms with Gasteiger partial charge >= 0.3 is 0 Å². The molecule has 28 heavy (non-hydrogen) atoms. The van der Waals surface area contributed by atoms with E-state index in [0.717, 1.165) is 6.42 Å². The highest BCUT2D eigenvalue weighted by Crippen LogP contribution is 2.38. The number of fused-ring (bicyclic) bond motifs is 1. The van der Waals surface area contributed by atoms with E-state index in [-0.39, 0.29) is 11.8 Å². The molecule has 5 nitrogen and oxygen atoms in total. The molecule has 5 heteroatoms. The predicted octanol–water partition coefficient (Wildman–Crippen LogP) is 4.44. The third kappa shape index (κ3) is 3.93. The molecule has 146 valence electrons. The molecule has 0 atom stereocenters. The Morgan fingerprint density at radius 3 is 2.61 bits per heavy atom. The van der Waals surface area contributed by atoms with Crippen molar-refractivity contribution >= 4 is 23.2 Å². The molecule has 2 amide bonds. The largest absolute Gasteiger partial charge is 0.490 e. The van der Waals surface area contributed by atoms with Crippen LogP contribution in [0.5, 0.6) is 5.75 Å². The minimum Gasteiger partial charge on any atom is -0.490 e. The maximum absolute atomic E-state index is 12.9.